The Hall–Kier alpha value is -1.64. The second-order valence-corrected chi connectivity index (χ2v) is 7.99. The summed E-state index contributed by atoms with van der Waals surface area (Å²) in [4.78, 5) is 12.3. The number of sulfonamides is 1. The number of nitrogens with one attached hydrogen (secondary N) is 1. The number of nitrogens with zero attached hydrogens (tertiary/aromatic N) is 1. The van der Waals surface area contributed by atoms with Crippen LogP contribution in [0.4, 0.5) is 5.69 Å². The molecule has 0 bridgehead atoms. The van der Waals surface area contributed by atoms with E-state index in [1.165, 1.54) is 10.4 Å². The van der Waals surface area contributed by atoms with Crippen LogP contribution in [0, 0.1) is 5.92 Å². The van der Waals surface area contributed by atoms with E-state index in [4.69, 9.17) is 10.5 Å². The minimum Gasteiger partial charge on any atom is -0.492 e. The third-order valence-corrected chi connectivity index (χ3v) is 6.47. The lowest BCUT2D eigenvalue weighted by Crippen LogP contribution is -2.40. The topological polar surface area (TPSA) is 102 Å². The molecule has 0 aromatic heterocycles. The van der Waals surface area contributed by atoms with Gasteiger partial charge in [-0.25, -0.2) is 8.42 Å². The number of nitrogens with two attached hydrogens (primary N) is 1. The van der Waals surface area contributed by atoms with Gasteiger partial charge in [-0.05, 0) is 31.0 Å². The van der Waals surface area contributed by atoms with Crippen LogP contribution in [0.2, 0.25) is 0 Å². The summed E-state index contributed by atoms with van der Waals surface area (Å²) in [5, 5.41) is 2.71. The Morgan fingerprint density at radius 2 is 1.85 bits per heavy atom. The van der Waals surface area contributed by atoms with E-state index in [-0.39, 0.29) is 22.5 Å². The van der Waals surface area contributed by atoms with Crippen molar-refractivity contribution in [1.29, 1.82) is 0 Å². The Morgan fingerprint density at radius 1 is 1.23 bits per heavy atom. The number of hydrogen-bond donors (Lipinski definition) is 2. The fraction of sp³-hybridized carbons (Fsp3) is 0.611. The Balaban J connectivity index is 3.25. The van der Waals surface area contributed by atoms with Crippen molar-refractivity contribution in [3.8, 4) is 5.75 Å². The maximum Gasteiger partial charge on any atom is 0.246 e. The molecule has 3 N–H and O–H groups in total. The smallest absolute Gasteiger partial charge is 0.246 e. The minimum atomic E-state index is -3.73. The molecule has 0 fully saturated rings. The molecular formula is C18H31N3O4S. The average molecular weight is 386 g/mol. The highest BCUT2D eigenvalue weighted by Crippen LogP contribution is 2.30. The lowest BCUT2D eigenvalue weighted by atomic mass is 9.99. The van der Waals surface area contributed by atoms with Crippen LogP contribution in [0.25, 0.3) is 0 Å². The first kappa shape index (κ1) is 22.4. The number of anilines is 1. The number of amides is 1. The highest BCUT2D eigenvalue weighted by molar-refractivity contribution is 7.89. The predicted octanol–water partition coefficient (Wildman–Crippen LogP) is 2.43. The van der Waals surface area contributed by atoms with Gasteiger partial charge in [-0.1, -0.05) is 34.1 Å². The van der Waals surface area contributed by atoms with E-state index in [1.807, 2.05) is 13.8 Å². The largest absolute Gasteiger partial charge is 0.492 e. The van der Waals surface area contributed by atoms with E-state index in [9.17, 15) is 13.2 Å². The zero-order valence-corrected chi connectivity index (χ0v) is 17.1. The SMILES string of the molecule is CCOc1ccc(NC(=O)C(N)C(C)CC)cc1S(=O)(=O)N(CC)CC. The Morgan fingerprint density at radius 3 is 2.35 bits per heavy atom. The summed E-state index contributed by atoms with van der Waals surface area (Å²) < 4.78 is 32.7. The summed E-state index contributed by atoms with van der Waals surface area (Å²) in [6.45, 7) is 10.2. The number of carbonyl (C=O) groups is 1. The Bertz CT molecular complexity index is 702. The molecule has 0 spiro atoms. The van der Waals surface area contributed by atoms with Gasteiger partial charge in [0, 0.05) is 18.8 Å². The molecule has 0 aliphatic carbocycles. The second-order valence-electron chi connectivity index (χ2n) is 6.08. The van der Waals surface area contributed by atoms with E-state index in [2.05, 4.69) is 5.32 Å². The van der Waals surface area contributed by atoms with Crippen molar-refractivity contribution in [3.63, 3.8) is 0 Å². The first-order chi connectivity index (χ1) is 12.2. The monoisotopic (exact) mass is 385 g/mol. The van der Waals surface area contributed by atoms with Crippen LogP contribution in [0.1, 0.15) is 41.0 Å². The average Bonchev–Trinajstić information content (AvgIpc) is 2.62. The van der Waals surface area contributed by atoms with E-state index in [0.29, 0.717) is 25.4 Å². The molecule has 0 aliphatic rings. The standard InChI is InChI=1S/C18H31N3O4S/c1-6-13(5)17(19)18(22)20-14-10-11-15(25-9-4)16(12-14)26(23,24)21(7-2)8-3/h10-13,17H,6-9,19H2,1-5H3,(H,20,22). The first-order valence-corrected chi connectivity index (χ1v) is 10.5. The maximum atomic E-state index is 12.9. The van der Waals surface area contributed by atoms with Crippen LogP contribution in [0.15, 0.2) is 23.1 Å². The van der Waals surface area contributed by atoms with E-state index < -0.39 is 16.1 Å². The van der Waals surface area contributed by atoms with Crippen molar-refractivity contribution in [2.75, 3.05) is 25.0 Å². The summed E-state index contributed by atoms with van der Waals surface area (Å²) in [7, 11) is -3.73. The van der Waals surface area contributed by atoms with Crippen LogP contribution in [0.5, 0.6) is 5.75 Å². The van der Waals surface area contributed by atoms with Gasteiger partial charge in [-0.15, -0.1) is 0 Å². The van der Waals surface area contributed by atoms with Crippen molar-refractivity contribution in [3.05, 3.63) is 18.2 Å². The van der Waals surface area contributed by atoms with Crippen molar-refractivity contribution in [2.24, 2.45) is 11.7 Å². The summed E-state index contributed by atoms with van der Waals surface area (Å²) >= 11 is 0. The normalized spacial score (nSPS) is 14.1. The van der Waals surface area contributed by atoms with Crippen LogP contribution < -0.4 is 15.8 Å². The molecule has 0 radical (unpaired) electrons. The van der Waals surface area contributed by atoms with Crippen LogP contribution in [0.3, 0.4) is 0 Å². The summed E-state index contributed by atoms with van der Waals surface area (Å²) in [5.74, 6) is -0.0464. The third kappa shape index (κ3) is 5.18. The van der Waals surface area contributed by atoms with Gasteiger partial charge in [0.15, 0.2) is 0 Å². The van der Waals surface area contributed by atoms with Gasteiger partial charge in [-0.3, -0.25) is 4.79 Å². The van der Waals surface area contributed by atoms with Crippen LogP contribution >= 0.6 is 0 Å². The van der Waals surface area contributed by atoms with Crippen molar-refractivity contribution < 1.29 is 17.9 Å². The molecule has 2 atom stereocenters. The van der Waals surface area contributed by atoms with Gasteiger partial charge in [0.1, 0.15) is 10.6 Å². The molecule has 7 nitrogen and oxygen atoms in total. The lowest BCUT2D eigenvalue weighted by Gasteiger charge is -2.22. The van der Waals surface area contributed by atoms with Crippen LogP contribution in [-0.4, -0.2) is 44.4 Å². The second kappa shape index (κ2) is 9.89. The molecule has 0 heterocycles. The zero-order chi connectivity index (χ0) is 19.9. The van der Waals surface area contributed by atoms with Gasteiger partial charge in [-0.2, -0.15) is 4.31 Å². The maximum absolute atomic E-state index is 12.9. The van der Waals surface area contributed by atoms with Crippen LogP contribution in [-0.2, 0) is 14.8 Å². The van der Waals surface area contributed by atoms with E-state index in [1.54, 1.807) is 32.9 Å². The number of rotatable bonds is 10. The van der Waals surface area contributed by atoms with Gasteiger partial charge < -0.3 is 15.8 Å². The molecule has 1 amide bonds. The molecule has 0 saturated carbocycles. The first-order valence-electron chi connectivity index (χ1n) is 9.06. The zero-order valence-electron chi connectivity index (χ0n) is 16.3. The molecule has 8 heteroatoms. The molecule has 1 rings (SSSR count). The highest BCUT2D eigenvalue weighted by atomic mass is 32.2. The van der Waals surface area contributed by atoms with E-state index >= 15 is 0 Å². The molecule has 1 aromatic rings. The molecule has 26 heavy (non-hydrogen) atoms. The molecule has 1 aromatic carbocycles. The minimum absolute atomic E-state index is 0.0246. The molecular weight excluding hydrogens is 354 g/mol. The van der Waals surface area contributed by atoms with Gasteiger partial charge in [0.05, 0.1) is 12.6 Å². The fourth-order valence-electron chi connectivity index (χ4n) is 2.50. The van der Waals surface area contributed by atoms with Crippen molar-refractivity contribution >= 4 is 21.6 Å². The van der Waals surface area contributed by atoms with Crippen molar-refractivity contribution in [1.82, 2.24) is 4.31 Å². The lowest BCUT2D eigenvalue weighted by molar-refractivity contribution is -0.118. The summed E-state index contributed by atoms with van der Waals surface area (Å²) in [6, 6.07) is 3.95. The molecule has 148 valence electrons. The predicted molar refractivity (Wildman–Crippen MR) is 104 cm³/mol. The summed E-state index contributed by atoms with van der Waals surface area (Å²) in [5.41, 5.74) is 6.33. The fourth-order valence-corrected chi connectivity index (χ4v) is 4.12. The van der Waals surface area contributed by atoms with Gasteiger partial charge in [0.2, 0.25) is 15.9 Å². The molecule has 2 unspecified atom stereocenters. The van der Waals surface area contributed by atoms with Gasteiger partial charge >= 0.3 is 0 Å². The number of ether oxygens (including phenoxy) is 1. The van der Waals surface area contributed by atoms with E-state index in [0.717, 1.165) is 6.42 Å². The highest BCUT2D eigenvalue weighted by Gasteiger charge is 2.27. The van der Waals surface area contributed by atoms with Crippen molar-refractivity contribution in [2.45, 2.75) is 52.0 Å². The number of carbonyl (C=O) groups excluding carboxylic acids is 1. The van der Waals surface area contributed by atoms with Gasteiger partial charge in [0.25, 0.3) is 0 Å². The quantitative estimate of drug-likeness (QED) is 0.644. The molecule has 0 aliphatic heterocycles. The Labute approximate surface area is 156 Å². The summed E-state index contributed by atoms with van der Waals surface area (Å²) in [6.07, 6.45) is 0.777. The number of hydrogen-bond acceptors (Lipinski definition) is 5. The Kier molecular flexibility index (Phi) is 8.52. The number of benzene rings is 1. The third-order valence-electron chi connectivity index (χ3n) is 4.39. The molecule has 0 saturated heterocycles.